The molecule has 4 nitrogen and oxygen atoms in total. The number of hydrogen-bond donors (Lipinski definition) is 2. The van der Waals surface area contributed by atoms with Gasteiger partial charge in [0.05, 0.1) is 6.54 Å². The lowest BCUT2D eigenvalue weighted by molar-refractivity contribution is -0.119. The van der Waals surface area contributed by atoms with E-state index in [0.29, 0.717) is 0 Å². The van der Waals surface area contributed by atoms with E-state index in [1.54, 1.807) is 0 Å². The first-order chi connectivity index (χ1) is 7.99. The molecule has 17 heavy (non-hydrogen) atoms. The van der Waals surface area contributed by atoms with Gasteiger partial charge in [-0.2, -0.15) is 5.10 Å². The second-order valence-electron chi connectivity index (χ2n) is 4.27. The van der Waals surface area contributed by atoms with Crippen LogP contribution in [0.15, 0.2) is 23.3 Å². The molecule has 0 aliphatic carbocycles. The minimum atomic E-state index is -0.147. The van der Waals surface area contributed by atoms with Crippen molar-refractivity contribution in [1.29, 1.82) is 0 Å². The van der Waals surface area contributed by atoms with Crippen molar-refractivity contribution < 1.29 is 4.79 Å². The third-order valence-corrected chi connectivity index (χ3v) is 2.23. The molecule has 0 saturated heterocycles. The Hall–Kier alpha value is -1.84. The molecular formula is C13H19N3O. The summed E-state index contributed by atoms with van der Waals surface area (Å²) in [6, 6.07) is 6.07. The number of amides is 1. The fourth-order valence-corrected chi connectivity index (χ4v) is 1.40. The van der Waals surface area contributed by atoms with E-state index in [1.807, 2.05) is 39.8 Å². The molecule has 0 radical (unpaired) electrons. The highest BCUT2D eigenvalue weighted by molar-refractivity contribution is 5.84. The average Bonchev–Trinajstić information content (AvgIpc) is 2.25. The molecule has 1 aromatic carbocycles. The average molecular weight is 233 g/mol. The van der Waals surface area contributed by atoms with Crippen LogP contribution in [0.2, 0.25) is 0 Å². The summed E-state index contributed by atoms with van der Waals surface area (Å²) in [5.74, 6) is -0.147. The van der Waals surface area contributed by atoms with Gasteiger partial charge in [-0.25, -0.2) is 5.43 Å². The standard InChI is InChI=1S/C13H19N3O/c1-9(2)15-16-13(17)8-14-12-6-5-10(3)7-11(12)4/h5-7,14H,8H2,1-4H3,(H,16,17). The Labute approximate surface area is 102 Å². The van der Waals surface area contributed by atoms with Crippen LogP contribution in [-0.4, -0.2) is 18.2 Å². The van der Waals surface area contributed by atoms with Crippen LogP contribution in [0.5, 0.6) is 0 Å². The van der Waals surface area contributed by atoms with Crippen LogP contribution in [0.1, 0.15) is 25.0 Å². The first-order valence-electron chi connectivity index (χ1n) is 5.60. The monoisotopic (exact) mass is 233 g/mol. The molecule has 0 aliphatic heterocycles. The van der Waals surface area contributed by atoms with Gasteiger partial charge < -0.3 is 5.32 Å². The van der Waals surface area contributed by atoms with Gasteiger partial charge >= 0.3 is 0 Å². The Morgan fingerprint density at radius 1 is 1.29 bits per heavy atom. The van der Waals surface area contributed by atoms with Gasteiger partial charge in [0, 0.05) is 11.4 Å². The Morgan fingerprint density at radius 3 is 2.59 bits per heavy atom. The van der Waals surface area contributed by atoms with Crippen molar-refractivity contribution >= 4 is 17.3 Å². The summed E-state index contributed by atoms with van der Waals surface area (Å²) in [6.07, 6.45) is 0. The number of aryl methyl sites for hydroxylation is 2. The molecular weight excluding hydrogens is 214 g/mol. The molecule has 0 heterocycles. The van der Waals surface area contributed by atoms with Crippen molar-refractivity contribution in [2.24, 2.45) is 5.10 Å². The van der Waals surface area contributed by atoms with Crippen LogP contribution in [0.25, 0.3) is 0 Å². The minimum Gasteiger partial charge on any atom is -0.376 e. The van der Waals surface area contributed by atoms with E-state index in [9.17, 15) is 4.79 Å². The van der Waals surface area contributed by atoms with Crippen LogP contribution in [0.3, 0.4) is 0 Å². The number of anilines is 1. The van der Waals surface area contributed by atoms with Crippen molar-refractivity contribution in [3.05, 3.63) is 29.3 Å². The molecule has 0 bridgehead atoms. The summed E-state index contributed by atoms with van der Waals surface area (Å²) < 4.78 is 0. The van der Waals surface area contributed by atoms with Gasteiger partial charge in [-0.05, 0) is 39.3 Å². The van der Waals surface area contributed by atoms with Crippen LogP contribution in [0.4, 0.5) is 5.69 Å². The van der Waals surface area contributed by atoms with E-state index in [-0.39, 0.29) is 12.5 Å². The molecule has 92 valence electrons. The number of benzene rings is 1. The van der Waals surface area contributed by atoms with Gasteiger partial charge in [0.15, 0.2) is 0 Å². The zero-order chi connectivity index (χ0) is 12.8. The van der Waals surface area contributed by atoms with Gasteiger partial charge in [0.1, 0.15) is 0 Å². The summed E-state index contributed by atoms with van der Waals surface area (Å²) in [6.45, 7) is 7.94. The maximum Gasteiger partial charge on any atom is 0.259 e. The quantitative estimate of drug-likeness (QED) is 0.619. The van der Waals surface area contributed by atoms with E-state index in [2.05, 4.69) is 21.9 Å². The molecule has 0 aliphatic rings. The summed E-state index contributed by atoms with van der Waals surface area (Å²) in [5, 5.41) is 6.93. The Morgan fingerprint density at radius 2 is 2.00 bits per heavy atom. The second kappa shape index (κ2) is 6.03. The number of nitrogens with zero attached hydrogens (tertiary/aromatic N) is 1. The molecule has 0 fully saturated rings. The maximum atomic E-state index is 11.4. The van der Waals surface area contributed by atoms with Crippen molar-refractivity contribution in [1.82, 2.24) is 5.43 Å². The molecule has 0 atom stereocenters. The molecule has 0 aromatic heterocycles. The molecule has 1 rings (SSSR count). The number of carbonyl (C=O) groups is 1. The fourth-order valence-electron chi connectivity index (χ4n) is 1.40. The number of rotatable bonds is 4. The first kappa shape index (κ1) is 13.2. The smallest absolute Gasteiger partial charge is 0.259 e. The van der Waals surface area contributed by atoms with Gasteiger partial charge in [-0.15, -0.1) is 0 Å². The predicted molar refractivity (Wildman–Crippen MR) is 71.3 cm³/mol. The molecule has 1 aromatic rings. The molecule has 0 spiro atoms. The summed E-state index contributed by atoms with van der Waals surface area (Å²) in [5.41, 5.74) is 6.61. The maximum absolute atomic E-state index is 11.4. The van der Waals surface area contributed by atoms with Crippen LogP contribution in [-0.2, 0) is 4.79 Å². The van der Waals surface area contributed by atoms with Gasteiger partial charge in [0.2, 0.25) is 0 Å². The van der Waals surface area contributed by atoms with E-state index >= 15 is 0 Å². The van der Waals surface area contributed by atoms with Crippen LogP contribution >= 0.6 is 0 Å². The highest BCUT2D eigenvalue weighted by Gasteiger charge is 2.01. The van der Waals surface area contributed by atoms with Gasteiger partial charge in [0.25, 0.3) is 5.91 Å². The molecule has 0 unspecified atom stereocenters. The van der Waals surface area contributed by atoms with Crippen molar-refractivity contribution in [3.8, 4) is 0 Å². The second-order valence-corrected chi connectivity index (χ2v) is 4.27. The van der Waals surface area contributed by atoms with E-state index in [1.165, 1.54) is 5.56 Å². The molecule has 2 N–H and O–H groups in total. The van der Waals surface area contributed by atoms with Gasteiger partial charge in [-0.1, -0.05) is 17.7 Å². The Balaban J connectivity index is 2.50. The lowest BCUT2D eigenvalue weighted by Gasteiger charge is -2.09. The van der Waals surface area contributed by atoms with E-state index in [4.69, 9.17) is 0 Å². The summed E-state index contributed by atoms with van der Waals surface area (Å²) in [7, 11) is 0. The third kappa shape index (κ3) is 4.68. The third-order valence-electron chi connectivity index (χ3n) is 2.23. The van der Waals surface area contributed by atoms with Crippen LogP contribution < -0.4 is 10.7 Å². The largest absolute Gasteiger partial charge is 0.376 e. The highest BCUT2D eigenvalue weighted by atomic mass is 16.2. The molecule has 4 heteroatoms. The van der Waals surface area contributed by atoms with Gasteiger partial charge in [-0.3, -0.25) is 4.79 Å². The number of carbonyl (C=O) groups excluding carboxylic acids is 1. The Kier molecular flexibility index (Phi) is 4.69. The normalized spacial score (nSPS) is 9.65. The van der Waals surface area contributed by atoms with Crippen molar-refractivity contribution in [3.63, 3.8) is 0 Å². The number of hydrogen-bond acceptors (Lipinski definition) is 3. The fraction of sp³-hybridized carbons (Fsp3) is 0.385. The highest BCUT2D eigenvalue weighted by Crippen LogP contribution is 2.15. The Bertz CT molecular complexity index is 434. The van der Waals surface area contributed by atoms with E-state index < -0.39 is 0 Å². The van der Waals surface area contributed by atoms with Crippen molar-refractivity contribution in [2.45, 2.75) is 27.7 Å². The minimum absolute atomic E-state index is 0.147. The van der Waals surface area contributed by atoms with E-state index in [0.717, 1.165) is 17.0 Å². The lowest BCUT2D eigenvalue weighted by atomic mass is 10.1. The topological polar surface area (TPSA) is 53.5 Å². The first-order valence-corrected chi connectivity index (χ1v) is 5.60. The molecule has 1 amide bonds. The number of nitrogens with one attached hydrogen (secondary N) is 2. The zero-order valence-electron chi connectivity index (χ0n) is 10.8. The lowest BCUT2D eigenvalue weighted by Crippen LogP contribution is -2.26. The molecule has 0 saturated carbocycles. The van der Waals surface area contributed by atoms with Crippen molar-refractivity contribution in [2.75, 3.05) is 11.9 Å². The SMILES string of the molecule is CC(C)=NNC(=O)CNc1ccc(C)cc1C. The summed E-state index contributed by atoms with van der Waals surface area (Å²) in [4.78, 5) is 11.4. The summed E-state index contributed by atoms with van der Waals surface area (Å²) >= 11 is 0. The number of hydrazone groups is 1. The van der Waals surface area contributed by atoms with Crippen LogP contribution in [0, 0.1) is 13.8 Å². The zero-order valence-corrected chi connectivity index (χ0v) is 10.8. The predicted octanol–water partition coefficient (Wildman–Crippen LogP) is 2.23.